The van der Waals surface area contributed by atoms with Gasteiger partial charge in [0.25, 0.3) is 11.5 Å². The van der Waals surface area contributed by atoms with Crippen LogP contribution in [-0.4, -0.2) is 10.5 Å². The van der Waals surface area contributed by atoms with Gasteiger partial charge in [-0.1, -0.05) is 24.3 Å². The molecule has 1 N–H and O–H groups in total. The van der Waals surface area contributed by atoms with Gasteiger partial charge in [-0.25, -0.2) is 4.39 Å². The molecule has 0 saturated carbocycles. The third-order valence-electron chi connectivity index (χ3n) is 4.15. The number of halogens is 1. The minimum atomic E-state index is -0.331. The number of amides is 1. The zero-order chi connectivity index (χ0) is 18.7. The fourth-order valence-electron chi connectivity index (χ4n) is 2.64. The molecule has 0 unspecified atom stereocenters. The number of nitrogens with one attached hydrogen (secondary N) is 1. The number of carbonyl (C=O) groups is 1. The Balaban J connectivity index is 1.84. The lowest BCUT2D eigenvalue weighted by Crippen LogP contribution is -2.22. The number of pyridine rings is 1. The van der Waals surface area contributed by atoms with Gasteiger partial charge in [-0.15, -0.1) is 0 Å². The number of hydrogen-bond donors (Lipinski definition) is 1. The predicted octanol–water partition coefficient (Wildman–Crippen LogP) is 3.90. The Labute approximate surface area is 150 Å². The van der Waals surface area contributed by atoms with Gasteiger partial charge < -0.3 is 9.88 Å². The second-order valence-electron chi connectivity index (χ2n) is 6.28. The maximum Gasteiger partial charge on any atom is 0.257 e. The molecule has 26 heavy (non-hydrogen) atoms. The van der Waals surface area contributed by atoms with Crippen molar-refractivity contribution in [3.63, 3.8) is 0 Å². The smallest absolute Gasteiger partial charge is 0.257 e. The van der Waals surface area contributed by atoms with Crippen LogP contribution in [0.1, 0.15) is 27.0 Å². The van der Waals surface area contributed by atoms with Gasteiger partial charge in [0.05, 0.1) is 12.1 Å². The first-order valence-corrected chi connectivity index (χ1v) is 8.26. The molecule has 4 nitrogen and oxygen atoms in total. The summed E-state index contributed by atoms with van der Waals surface area (Å²) in [7, 11) is 0. The van der Waals surface area contributed by atoms with Crippen LogP contribution in [-0.2, 0) is 6.54 Å². The van der Waals surface area contributed by atoms with Crippen molar-refractivity contribution in [1.82, 2.24) is 4.57 Å². The minimum absolute atomic E-state index is 0.224. The first-order valence-electron chi connectivity index (χ1n) is 8.26. The molecule has 1 aromatic heterocycles. The number of carbonyl (C=O) groups excluding carboxylic acids is 1. The molecule has 0 saturated heterocycles. The van der Waals surface area contributed by atoms with E-state index in [1.54, 1.807) is 12.1 Å². The van der Waals surface area contributed by atoms with E-state index >= 15 is 0 Å². The summed E-state index contributed by atoms with van der Waals surface area (Å²) in [6.45, 7) is 4.15. The van der Waals surface area contributed by atoms with E-state index in [1.165, 1.54) is 35.0 Å². The average molecular weight is 350 g/mol. The molecule has 0 aliphatic heterocycles. The van der Waals surface area contributed by atoms with Crippen molar-refractivity contribution in [3.05, 3.63) is 99.2 Å². The molecule has 5 heteroatoms. The van der Waals surface area contributed by atoms with E-state index in [4.69, 9.17) is 0 Å². The zero-order valence-corrected chi connectivity index (χ0v) is 14.6. The number of benzene rings is 2. The Morgan fingerprint density at radius 2 is 1.77 bits per heavy atom. The highest BCUT2D eigenvalue weighted by atomic mass is 19.1. The van der Waals surface area contributed by atoms with E-state index in [9.17, 15) is 14.0 Å². The molecule has 0 radical (unpaired) electrons. The van der Waals surface area contributed by atoms with Gasteiger partial charge in [0.1, 0.15) is 5.82 Å². The molecule has 0 atom stereocenters. The van der Waals surface area contributed by atoms with Gasteiger partial charge in [0.2, 0.25) is 0 Å². The number of hydrogen-bond acceptors (Lipinski definition) is 2. The van der Waals surface area contributed by atoms with Gasteiger partial charge in [0.15, 0.2) is 0 Å². The highest BCUT2D eigenvalue weighted by molar-refractivity contribution is 6.04. The molecule has 132 valence electrons. The van der Waals surface area contributed by atoms with Crippen LogP contribution >= 0.6 is 0 Å². The average Bonchev–Trinajstić information content (AvgIpc) is 2.62. The third kappa shape index (κ3) is 4.06. The maximum absolute atomic E-state index is 13.0. The van der Waals surface area contributed by atoms with E-state index in [0.717, 1.165) is 22.4 Å². The van der Waals surface area contributed by atoms with E-state index in [1.807, 2.05) is 32.0 Å². The van der Waals surface area contributed by atoms with Crippen molar-refractivity contribution in [3.8, 4) is 0 Å². The molecule has 1 amide bonds. The zero-order valence-electron chi connectivity index (χ0n) is 14.6. The molecular weight excluding hydrogens is 331 g/mol. The summed E-state index contributed by atoms with van der Waals surface area (Å²) < 4.78 is 14.5. The van der Waals surface area contributed by atoms with Crippen molar-refractivity contribution in [1.29, 1.82) is 0 Å². The van der Waals surface area contributed by atoms with E-state index in [2.05, 4.69) is 5.32 Å². The molecule has 0 bridgehead atoms. The van der Waals surface area contributed by atoms with Crippen LogP contribution in [0.5, 0.6) is 0 Å². The van der Waals surface area contributed by atoms with E-state index < -0.39 is 0 Å². The molecule has 3 rings (SSSR count). The van der Waals surface area contributed by atoms with Gasteiger partial charge >= 0.3 is 0 Å². The summed E-state index contributed by atoms with van der Waals surface area (Å²) >= 11 is 0. The standard InChI is InChI=1S/C21H19FN2O2/c1-14-3-4-15(2)19(11-14)23-21(26)17-7-10-20(25)24(13-17)12-16-5-8-18(22)9-6-16/h3-11,13H,12H2,1-2H3,(H,23,26). The number of rotatable bonds is 4. The van der Waals surface area contributed by atoms with Crippen LogP contribution in [0.3, 0.4) is 0 Å². The first kappa shape index (κ1) is 17.6. The molecule has 0 aliphatic rings. The summed E-state index contributed by atoms with van der Waals surface area (Å²) in [5.74, 6) is -0.616. The van der Waals surface area contributed by atoms with Gasteiger partial charge in [-0.3, -0.25) is 9.59 Å². The van der Waals surface area contributed by atoms with Gasteiger partial charge in [-0.2, -0.15) is 0 Å². The molecule has 0 aliphatic carbocycles. The topological polar surface area (TPSA) is 51.1 Å². The summed E-state index contributed by atoms with van der Waals surface area (Å²) in [5.41, 5.74) is 3.69. The van der Waals surface area contributed by atoms with Crippen molar-refractivity contribution in [2.45, 2.75) is 20.4 Å². The molecule has 3 aromatic rings. The SMILES string of the molecule is Cc1ccc(C)c(NC(=O)c2ccc(=O)n(Cc3ccc(F)cc3)c2)c1. The second-order valence-corrected chi connectivity index (χ2v) is 6.28. The largest absolute Gasteiger partial charge is 0.322 e. The molecule has 2 aromatic carbocycles. The molecular formula is C21H19FN2O2. The Morgan fingerprint density at radius 3 is 2.50 bits per heavy atom. The lowest BCUT2D eigenvalue weighted by molar-refractivity contribution is 0.102. The second kappa shape index (κ2) is 7.35. The highest BCUT2D eigenvalue weighted by Gasteiger charge is 2.10. The van der Waals surface area contributed by atoms with Crippen molar-refractivity contribution in [2.24, 2.45) is 0 Å². The third-order valence-corrected chi connectivity index (χ3v) is 4.15. The molecule has 0 fully saturated rings. The highest BCUT2D eigenvalue weighted by Crippen LogP contribution is 2.17. The van der Waals surface area contributed by atoms with Crippen molar-refractivity contribution in [2.75, 3.05) is 5.32 Å². The fraction of sp³-hybridized carbons (Fsp3) is 0.143. The monoisotopic (exact) mass is 350 g/mol. The van der Waals surface area contributed by atoms with Crippen LogP contribution in [0.2, 0.25) is 0 Å². The minimum Gasteiger partial charge on any atom is -0.322 e. The first-order chi connectivity index (χ1) is 12.4. The summed E-state index contributed by atoms with van der Waals surface area (Å²) in [6, 6.07) is 14.6. The maximum atomic E-state index is 13.0. The summed E-state index contributed by atoms with van der Waals surface area (Å²) in [5, 5.41) is 2.88. The van der Waals surface area contributed by atoms with Crippen LogP contribution in [0.15, 0.2) is 65.6 Å². The van der Waals surface area contributed by atoms with Crippen molar-refractivity contribution >= 4 is 11.6 Å². The van der Waals surface area contributed by atoms with Gasteiger partial charge in [0, 0.05) is 18.0 Å². The Hall–Kier alpha value is -3.21. The number of aryl methyl sites for hydroxylation is 2. The van der Waals surface area contributed by atoms with Crippen LogP contribution < -0.4 is 10.9 Å². The number of nitrogens with zero attached hydrogens (tertiary/aromatic N) is 1. The number of aromatic nitrogens is 1. The summed E-state index contributed by atoms with van der Waals surface area (Å²) in [4.78, 5) is 24.6. The Kier molecular flexibility index (Phi) is 4.98. The predicted molar refractivity (Wildman–Crippen MR) is 100 cm³/mol. The van der Waals surface area contributed by atoms with E-state index in [0.29, 0.717) is 5.56 Å². The lowest BCUT2D eigenvalue weighted by atomic mass is 10.1. The molecule has 1 heterocycles. The molecule has 0 spiro atoms. The van der Waals surface area contributed by atoms with E-state index in [-0.39, 0.29) is 23.8 Å². The number of anilines is 1. The fourth-order valence-corrected chi connectivity index (χ4v) is 2.64. The van der Waals surface area contributed by atoms with Gasteiger partial charge in [-0.05, 0) is 54.8 Å². The van der Waals surface area contributed by atoms with Crippen LogP contribution in [0, 0.1) is 19.7 Å². The summed E-state index contributed by atoms with van der Waals surface area (Å²) in [6.07, 6.45) is 1.52. The van der Waals surface area contributed by atoms with Crippen LogP contribution in [0.25, 0.3) is 0 Å². The Morgan fingerprint density at radius 1 is 1.04 bits per heavy atom. The van der Waals surface area contributed by atoms with Crippen molar-refractivity contribution < 1.29 is 9.18 Å². The normalized spacial score (nSPS) is 10.6. The lowest BCUT2D eigenvalue weighted by Gasteiger charge is -2.11. The quantitative estimate of drug-likeness (QED) is 0.776. The Bertz CT molecular complexity index is 1010. The van der Waals surface area contributed by atoms with Crippen LogP contribution in [0.4, 0.5) is 10.1 Å².